The molecule has 0 aromatic heterocycles. The highest BCUT2D eigenvalue weighted by Gasteiger charge is 2.44. The third-order valence-corrected chi connectivity index (χ3v) is 4.67. The van der Waals surface area contributed by atoms with E-state index in [-0.39, 0.29) is 11.9 Å². The monoisotopic (exact) mass is 363 g/mol. The number of carbonyl (C=O) groups excluding carboxylic acids is 2. The lowest BCUT2D eigenvalue weighted by molar-refractivity contribution is -0.117. The molecule has 1 aliphatic heterocycles. The number of allylic oxidation sites excluding steroid dienone is 1. The number of carbonyl (C=O) groups is 2. The van der Waals surface area contributed by atoms with Crippen LogP contribution in [0.2, 0.25) is 0 Å². The van der Waals surface area contributed by atoms with Gasteiger partial charge in [-0.15, -0.1) is 6.58 Å². The van der Waals surface area contributed by atoms with Crippen molar-refractivity contribution in [1.29, 1.82) is 0 Å². The third-order valence-electron chi connectivity index (χ3n) is 4.67. The molecule has 138 valence electrons. The molecule has 0 radical (unpaired) electrons. The molecule has 1 atom stereocenters. The fourth-order valence-electron chi connectivity index (χ4n) is 3.20. The van der Waals surface area contributed by atoms with Crippen molar-refractivity contribution >= 4 is 29.0 Å². The summed E-state index contributed by atoms with van der Waals surface area (Å²) in [6.45, 7) is 7.15. The first-order valence-electron chi connectivity index (χ1n) is 8.64. The molecule has 1 heterocycles. The molecule has 2 aromatic carbocycles. The van der Waals surface area contributed by atoms with Crippen LogP contribution in [0.5, 0.6) is 0 Å². The van der Waals surface area contributed by atoms with Crippen molar-refractivity contribution in [2.24, 2.45) is 5.16 Å². The Morgan fingerprint density at radius 1 is 1.19 bits per heavy atom. The topological polar surface area (TPSA) is 73.2 Å². The normalized spacial score (nSPS) is 17.6. The van der Waals surface area contributed by atoms with E-state index < -0.39 is 6.04 Å². The molecular formula is C21H21N3O3. The summed E-state index contributed by atoms with van der Waals surface area (Å²) >= 11 is 0. The van der Waals surface area contributed by atoms with Crippen LogP contribution in [0.1, 0.15) is 25.0 Å². The van der Waals surface area contributed by atoms with Crippen molar-refractivity contribution < 1.29 is 14.8 Å². The quantitative estimate of drug-likeness (QED) is 0.287. The molecule has 1 fully saturated rings. The molecule has 0 bridgehead atoms. The minimum atomic E-state index is -0.608. The second-order valence-corrected chi connectivity index (χ2v) is 6.36. The van der Waals surface area contributed by atoms with Gasteiger partial charge in [-0.05, 0) is 49.6 Å². The van der Waals surface area contributed by atoms with Crippen LogP contribution in [-0.4, -0.2) is 28.9 Å². The van der Waals surface area contributed by atoms with Gasteiger partial charge in [-0.3, -0.25) is 9.69 Å². The fraction of sp³-hybridized carbons (Fsp3) is 0.190. The molecule has 3 amide bonds. The highest BCUT2D eigenvalue weighted by molar-refractivity contribution is 6.28. The Hall–Kier alpha value is -3.41. The zero-order valence-electron chi connectivity index (χ0n) is 15.3. The molecule has 0 spiro atoms. The van der Waals surface area contributed by atoms with Crippen LogP contribution in [-0.2, 0) is 11.2 Å². The predicted octanol–water partition coefficient (Wildman–Crippen LogP) is 3.98. The van der Waals surface area contributed by atoms with Crippen LogP contribution >= 0.6 is 0 Å². The van der Waals surface area contributed by atoms with Crippen LogP contribution in [0.3, 0.4) is 0 Å². The minimum Gasteiger partial charge on any atom is -0.411 e. The zero-order valence-corrected chi connectivity index (χ0v) is 15.3. The van der Waals surface area contributed by atoms with E-state index in [0.29, 0.717) is 29.1 Å². The molecule has 2 aromatic rings. The molecule has 1 aliphatic rings. The lowest BCUT2D eigenvalue weighted by atomic mass is 10.1. The summed E-state index contributed by atoms with van der Waals surface area (Å²) in [7, 11) is 0. The molecule has 1 N–H and O–H groups in total. The summed E-state index contributed by atoms with van der Waals surface area (Å²) < 4.78 is 0. The lowest BCUT2D eigenvalue weighted by Gasteiger charge is -2.22. The van der Waals surface area contributed by atoms with Gasteiger partial charge in [-0.2, -0.15) is 0 Å². The fourth-order valence-corrected chi connectivity index (χ4v) is 3.20. The van der Waals surface area contributed by atoms with E-state index in [9.17, 15) is 9.59 Å². The number of rotatable bonds is 5. The van der Waals surface area contributed by atoms with Gasteiger partial charge in [0, 0.05) is 5.69 Å². The number of hydrogen-bond acceptors (Lipinski definition) is 4. The predicted molar refractivity (Wildman–Crippen MR) is 106 cm³/mol. The van der Waals surface area contributed by atoms with E-state index in [1.807, 2.05) is 24.3 Å². The number of anilines is 2. The molecule has 6 nitrogen and oxygen atoms in total. The number of oxime groups is 1. The number of hydrogen-bond donors (Lipinski definition) is 1. The molecule has 1 unspecified atom stereocenters. The van der Waals surface area contributed by atoms with E-state index in [1.54, 1.807) is 44.2 Å². The van der Waals surface area contributed by atoms with E-state index >= 15 is 0 Å². The maximum atomic E-state index is 13.1. The summed E-state index contributed by atoms with van der Waals surface area (Å²) in [5.74, 6) is -0.284. The number of imide groups is 1. The van der Waals surface area contributed by atoms with Crippen molar-refractivity contribution in [3.63, 3.8) is 0 Å². The van der Waals surface area contributed by atoms with Crippen molar-refractivity contribution in [3.8, 4) is 0 Å². The van der Waals surface area contributed by atoms with Crippen LogP contribution in [0.25, 0.3) is 0 Å². The molecule has 0 saturated carbocycles. The second-order valence-electron chi connectivity index (χ2n) is 6.36. The van der Waals surface area contributed by atoms with E-state index in [1.165, 1.54) is 9.80 Å². The van der Waals surface area contributed by atoms with Gasteiger partial charge < -0.3 is 5.21 Å². The van der Waals surface area contributed by atoms with Gasteiger partial charge in [0.25, 0.3) is 5.91 Å². The molecule has 27 heavy (non-hydrogen) atoms. The average Bonchev–Trinajstić information content (AvgIpc) is 2.91. The first-order valence-corrected chi connectivity index (χ1v) is 8.64. The van der Waals surface area contributed by atoms with Crippen molar-refractivity contribution in [2.75, 3.05) is 9.80 Å². The number of urea groups is 1. The van der Waals surface area contributed by atoms with Gasteiger partial charge in [-0.1, -0.05) is 41.6 Å². The van der Waals surface area contributed by atoms with Crippen LogP contribution in [0.4, 0.5) is 16.2 Å². The van der Waals surface area contributed by atoms with Crippen molar-refractivity contribution in [1.82, 2.24) is 0 Å². The summed E-state index contributed by atoms with van der Waals surface area (Å²) in [6, 6.07) is 13.3. The van der Waals surface area contributed by atoms with Crippen LogP contribution in [0, 0.1) is 0 Å². The summed E-state index contributed by atoms with van der Waals surface area (Å²) in [6.07, 6.45) is 2.38. The Kier molecular flexibility index (Phi) is 5.07. The highest BCUT2D eigenvalue weighted by Crippen LogP contribution is 2.32. The van der Waals surface area contributed by atoms with Gasteiger partial charge in [-0.25, -0.2) is 9.69 Å². The zero-order chi connectivity index (χ0) is 19.6. The maximum absolute atomic E-state index is 13.1. The first-order chi connectivity index (χ1) is 13.0. The number of amides is 3. The van der Waals surface area contributed by atoms with Gasteiger partial charge in [0.2, 0.25) is 0 Å². The molecule has 0 aliphatic carbocycles. The number of para-hydroxylation sites is 1. The number of benzene rings is 2. The van der Waals surface area contributed by atoms with Gasteiger partial charge in [0.1, 0.15) is 6.04 Å². The molecular weight excluding hydrogens is 342 g/mol. The standard InChI is InChI=1S/C21H21N3O3/c1-4-7-17-8-5-6-9-19(17)23-15(3)20(25)24(21(23)26)18-12-10-16(11-13-18)14(2)22-27/h4-6,8-13,15,27H,1,7H2,2-3H3/b22-14+. The van der Waals surface area contributed by atoms with Crippen molar-refractivity contribution in [2.45, 2.75) is 26.3 Å². The summed E-state index contributed by atoms with van der Waals surface area (Å²) in [5, 5.41) is 12.0. The Balaban J connectivity index is 1.98. The molecule has 6 heteroatoms. The summed E-state index contributed by atoms with van der Waals surface area (Å²) in [5.41, 5.74) is 3.30. The second kappa shape index (κ2) is 7.45. The van der Waals surface area contributed by atoms with E-state index in [4.69, 9.17) is 5.21 Å². The first kappa shape index (κ1) is 18.4. The third kappa shape index (κ3) is 3.21. The Labute approximate surface area is 158 Å². The van der Waals surface area contributed by atoms with E-state index in [2.05, 4.69) is 11.7 Å². The molecule has 3 rings (SSSR count). The van der Waals surface area contributed by atoms with E-state index in [0.717, 1.165) is 5.56 Å². The van der Waals surface area contributed by atoms with Gasteiger partial charge in [0.05, 0.1) is 11.4 Å². The number of nitrogens with zero attached hydrogens (tertiary/aromatic N) is 3. The molecule has 1 saturated heterocycles. The van der Waals surface area contributed by atoms with Crippen LogP contribution < -0.4 is 9.80 Å². The maximum Gasteiger partial charge on any atom is 0.336 e. The lowest BCUT2D eigenvalue weighted by Crippen LogP contribution is -2.34. The Morgan fingerprint density at radius 2 is 1.85 bits per heavy atom. The van der Waals surface area contributed by atoms with Gasteiger partial charge >= 0.3 is 6.03 Å². The van der Waals surface area contributed by atoms with Gasteiger partial charge in [0.15, 0.2) is 0 Å². The summed E-state index contributed by atoms with van der Waals surface area (Å²) in [4.78, 5) is 28.6. The SMILES string of the molecule is C=CCc1ccccc1N1C(=O)N(c2ccc(/C(C)=N/O)cc2)C(=O)C1C. The minimum absolute atomic E-state index is 0.284. The van der Waals surface area contributed by atoms with Crippen molar-refractivity contribution in [3.05, 3.63) is 72.3 Å². The Bertz CT molecular complexity index is 919. The Morgan fingerprint density at radius 3 is 2.48 bits per heavy atom. The smallest absolute Gasteiger partial charge is 0.336 e. The largest absolute Gasteiger partial charge is 0.411 e. The van der Waals surface area contributed by atoms with Crippen LogP contribution in [0.15, 0.2) is 66.3 Å². The average molecular weight is 363 g/mol. The highest BCUT2D eigenvalue weighted by atomic mass is 16.4.